The first-order chi connectivity index (χ1) is 20.5. The van der Waals surface area contributed by atoms with Crippen LogP contribution in [-0.2, 0) is 5.41 Å². The van der Waals surface area contributed by atoms with Gasteiger partial charge in [-0.1, -0.05) is 118 Å². The summed E-state index contributed by atoms with van der Waals surface area (Å²) >= 11 is 0. The number of benzene rings is 5. The van der Waals surface area contributed by atoms with Crippen molar-refractivity contribution in [2.75, 3.05) is 4.90 Å². The SMILES string of the molecule is C=C(C1=C(/C=C\C)C(C)(C)c2ccccc21)N(c1ccccc1)c1ccc2c3ccccc3n(-c3ccccc3)c2c1. The third-order valence-electron chi connectivity index (χ3n) is 8.65. The Balaban J connectivity index is 1.49. The molecule has 1 aliphatic rings. The number of anilines is 2. The standard InChI is InChI=1S/C40H34N2/c1-5-16-36-39(34-22-12-14-23-35(34)40(36,3)4)28(2)41(29-17-8-6-9-18-29)31-25-26-33-32-21-13-15-24-37(32)42(38(33)27-31)30-19-10-7-11-20-30/h5-27H,2H2,1,3-4H3/b16-5-. The lowest BCUT2D eigenvalue weighted by atomic mass is 9.81. The van der Waals surface area contributed by atoms with Crippen LogP contribution in [0, 0.1) is 0 Å². The van der Waals surface area contributed by atoms with Crippen LogP contribution in [0.4, 0.5) is 11.4 Å². The van der Waals surface area contributed by atoms with E-state index in [9.17, 15) is 0 Å². The fraction of sp³-hybridized carbons (Fsp3) is 0.100. The normalized spacial score (nSPS) is 14.2. The summed E-state index contributed by atoms with van der Waals surface area (Å²) in [6.45, 7) is 11.5. The number of hydrogen-bond donors (Lipinski definition) is 0. The predicted molar refractivity (Wildman–Crippen MR) is 180 cm³/mol. The van der Waals surface area contributed by atoms with Crippen LogP contribution in [0.3, 0.4) is 0 Å². The molecular formula is C40H34N2. The summed E-state index contributed by atoms with van der Waals surface area (Å²) in [4.78, 5) is 2.32. The molecule has 1 aliphatic carbocycles. The molecule has 0 unspecified atom stereocenters. The summed E-state index contributed by atoms with van der Waals surface area (Å²) in [5.74, 6) is 0. The van der Waals surface area contributed by atoms with E-state index in [-0.39, 0.29) is 5.41 Å². The zero-order valence-electron chi connectivity index (χ0n) is 24.4. The maximum Gasteiger partial charge on any atom is 0.0561 e. The van der Waals surface area contributed by atoms with E-state index in [2.05, 4.69) is 170 Å². The Labute approximate surface area is 248 Å². The van der Waals surface area contributed by atoms with Crippen LogP contribution in [0.25, 0.3) is 33.1 Å². The van der Waals surface area contributed by atoms with Crippen molar-refractivity contribution in [3.63, 3.8) is 0 Å². The molecule has 2 heteroatoms. The van der Waals surface area contributed by atoms with Crippen molar-refractivity contribution in [1.82, 2.24) is 4.57 Å². The molecule has 2 nitrogen and oxygen atoms in total. The van der Waals surface area contributed by atoms with Gasteiger partial charge in [0.2, 0.25) is 0 Å². The minimum Gasteiger partial charge on any atom is -0.310 e. The smallest absolute Gasteiger partial charge is 0.0561 e. The molecule has 42 heavy (non-hydrogen) atoms. The van der Waals surface area contributed by atoms with Crippen molar-refractivity contribution in [1.29, 1.82) is 0 Å². The van der Waals surface area contributed by atoms with Crippen LogP contribution in [0.15, 0.2) is 157 Å². The maximum absolute atomic E-state index is 4.82. The minimum atomic E-state index is -0.132. The molecule has 0 saturated heterocycles. The van der Waals surface area contributed by atoms with Crippen molar-refractivity contribution in [2.24, 2.45) is 0 Å². The van der Waals surface area contributed by atoms with E-state index < -0.39 is 0 Å². The largest absolute Gasteiger partial charge is 0.310 e. The van der Waals surface area contributed by atoms with Gasteiger partial charge in [-0.15, -0.1) is 0 Å². The molecule has 204 valence electrons. The highest BCUT2D eigenvalue weighted by Gasteiger charge is 2.38. The van der Waals surface area contributed by atoms with Crippen LogP contribution in [-0.4, -0.2) is 4.57 Å². The van der Waals surface area contributed by atoms with Crippen LogP contribution >= 0.6 is 0 Å². The molecule has 6 aromatic rings. The zero-order chi connectivity index (χ0) is 28.8. The van der Waals surface area contributed by atoms with E-state index in [0.717, 1.165) is 22.8 Å². The Morgan fingerprint density at radius 2 is 1.33 bits per heavy atom. The fourth-order valence-corrected chi connectivity index (χ4v) is 6.72. The summed E-state index contributed by atoms with van der Waals surface area (Å²) in [6.07, 6.45) is 4.41. The summed E-state index contributed by atoms with van der Waals surface area (Å²) in [7, 11) is 0. The van der Waals surface area contributed by atoms with Gasteiger partial charge in [0.25, 0.3) is 0 Å². The molecule has 0 N–H and O–H groups in total. The first kappa shape index (κ1) is 25.9. The molecule has 0 bridgehead atoms. The van der Waals surface area contributed by atoms with E-state index in [1.54, 1.807) is 0 Å². The number of fused-ring (bicyclic) bond motifs is 4. The van der Waals surface area contributed by atoms with Gasteiger partial charge < -0.3 is 9.47 Å². The zero-order valence-corrected chi connectivity index (χ0v) is 24.4. The molecule has 1 aromatic heterocycles. The molecule has 0 fully saturated rings. The van der Waals surface area contributed by atoms with E-state index in [0.29, 0.717) is 0 Å². The summed E-state index contributed by atoms with van der Waals surface area (Å²) in [5.41, 5.74) is 11.6. The van der Waals surface area contributed by atoms with Gasteiger partial charge in [-0.2, -0.15) is 0 Å². The van der Waals surface area contributed by atoms with Crippen molar-refractivity contribution in [2.45, 2.75) is 26.2 Å². The topological polar surface area (TPSA) is 8.17 Å². The van der Waals surface area contributed by atoms with E-state index in [1.807, 2.05) is 0 Å². The van der Waals surface area contributed by atoms with Gasteiger partial charge in [0.15, 0.2) is 0 Å². The number of allylic oxidation sites excluding steroid dienone is 4. The molecule has 0 amide bonds. The van der Waals surface area contributed by atoms with Gasteiger partial charge in [-0.25, -0.2) is 0 Å². The quantitative estimate of drug-likeness (QED) is 0.203. The Morgan fingerprint density at radius 3 is 2.10 bits per heavy atom. The Hall–Kier alpha value is -5.08. The number of hydrogen-bond acceptors (Lipinski definition) is 1. The summed E-state index contributed by atoms with van der Waals surface area (Å²) < 4.78 is 2.37. The molecule has 0 spiro atoms. The number of para-hydroxylation sites is 3. The van der Waals surface area contributed by atoms with Gasteiger partial charge in [0.05, 0.1) is 11.0 Å². The number of aromatic nitrogens is 1. The lowest BCUT2D eigenvalue weighted by Gasteiger charge is -2.29. The fourth-order valence-electron chi connectivity index (χ4n) is 6.72. The lowest BCUT2D eigenvalue weighted by Crippen LogP contribution is -2.18. The summed E-state index contributed by atoms with van der Waals surface area (Å²) in [5, 5.41) is 2.48. The molecule has 0 atom stereocenters. The highest BCUT2D eigenvalue weighted by Crippen LogP contribution is 2.51. The number of rotatable bonds is 6. The second-order valence-electron chi connectivity index (χ2n) is 11.5. The van der Waals surface area contributed by atoms with Gasteiger partial charge in [0.1, 0.15) is 0 Å². The van der Waals surface area contributed by atoms with Crippen LogP contribution in [0.5, 0.6) is 0 Å². The van der Waals surface area contributed by atoms with Gasteiger partial charge in [-0.3, -0.25) is 0 Å². The van der Waals surface area contributed by atoms with Crippen LogP contribution in [0.1, 0.15) is 31.9 Å². The third-order valence-corrected chi connectivity index (χ3v) is 8.65. The highest BCUT2D eigenvalue weighted by atomic mass is 15.2. The second-order valence-corrected chi connectivity index (χ2v) is 11.5. The second kappa shape index (κ2) is 10.1. The number of nitrogens with zero attached hydrogens (tertiary/aromatic N) is 2. The molecule has 7 rings (SSSR count). The van der Waals surface area contributed by atoms with Crippen molar-refractivity contribution >= 4 is 38.8 Å². The molecular weight excluding hydrogens is 508 g/mol. The van der Waals surface area contributed by atoms with Crippen LogP contribution in [0.2, 0.25) is 0 Å². The minimum absolute atomic E-state index is 0.132. The Kier molecular flexibility index (Phi) is 6.21. The average molecular weight is 543 g/mol. The van der Waals surface area contributed by atoms with Gasteiger partial charge >= 0.3 is 0 Å². The van der Waals surface area contributed by atoms with Gasteiger partial charge in [-0.05, 0) is 66.1 Å². The molecule has 0 saturated carbocycles. The van der Waals surface area contributed by atoms with Crippen molar-refractivity contribution < 1.29 is 0 Å². The van der Waals surface area contributed by atoms with E-state index in [4.69, 9.17) is 6.58 Å². The average Bonchev–Trinajstić information content (AvgIpc) is 3.47. The Bertz CT molecular complexity index is 2020. The third kappa shape index (κ3) is 3.94. The van der Waals surface area contributed by atoms with Crippen LogP contribution < -0.4 is 4.90 Å². The molecule has 0 aliphatic heterocycles. The van der Waals surface area contributed by atoms with Gasteiger partial charge in [0, 0.05) is 44.5 Å². The lowest BCUT2D eigenvalue weighted by molar-refractivity contribution is 0.654. The Morgan fingerprint density at radius 1 is 0.690 bits per heavy atom. The highest BCUT2D eigenvalue weighted by molar-refractivity contribution is 6.10. The summed E-state index contributed by atoms with van der Waals surface area (Å²) in [6, 6.07) is 45.5. The maximum atomic E-state index is 4.82. The van der Waals surface area contributed by atoms with Crippen molar-refractivity contribution in [3.05, 3.63) is 169 Å². The monoisotopic (exact) mass is 542 g/mol. The first-order valence-electron chi connectivity index (χ1n) is 14.6. The van der Waals surface area contributed by atoms with E-state index in [1.165, 1.54) is 44.1 Å². The molecule has 5 aromatic carbocycles. The molecule has 1 heterocycles. The first-order valence-corrected chi connectivity index (χ1v) is 14.6. The molecule has 0 radical (unpaired) electrons. The van der Waals surface area contributed by atoms with E-state index >= 15 is 0 Å². The predicted octanol–water partition coefficient (Wildman–Crippen LogP) is 10.8. The van der Waals surface area contributed by atoms with Crippen molar-refractivity contribution in [3.8, 4) is 5.69 Å².